The van der Waals surface area contributed by atoms with Crippen molar-refractivity contribution in [2.75, 3.05) is 24.5 Å². The first-order chi connectivity index (χ1) is 6.27. The molecule has 0 aromatic carbocycles. The molecular formula is C6H10N6O. The quantitative estimate of drug-likeness (QED) is 0.551. The molecule has 0 spiro atoms. The third-order valence-electron chi connectivity index (χ3n) is 1.92. The number of nitrogens with one attached hydrogen (secondary N) is 1. The highest BCUT2D eigenvalue weighted by Crippen LogP contribution is 2.06. The van der Waals surface area contributed by atoms with E-state index < -0.39 is 0 Å². The zero-order valence-electron chi connectivity index (χ0n) is 7.27. The number of carbonyl (C=O) groups excluding carboxylic acids is 1. The van der Waals surface area contributed by atoms with Gasteiger partial charge in [-0.2, -0.15) is 0 Å². The monoisotopic (exact) mass is 182 g/mol. The molecule has 1 fully saturated rings. The molecule has 13 heavy (non-hydrogen) atoms. The van der Waals surface area contributed by atoms with Gasteiger partial charge in [0, 0.05) is 20.1 Å². The van der Waals surface area contributed by atoms with E-state index in [2.05, 4.69) is 20.8 Å². The van der Waals surface area contributed by atoms with E-state index in [0.717, 1.165) is 6.54 Å². The molecular weight excluding hydrogens is 172 g/mol. The van der Waals surface area contributed by atoms with Gasteiger partial charge in [-0.1, -0.05) is 5.10 Å². The van der Waals surface area contributed by atoms with Crippen molar-refractivity contribution in [1.82, 2.24) is 25.5 Å². The molecule has 1 amide bonds. The average molecular weight is 182 g/mol. The maximum Gasteiger partial charge on any atom is 0.245 e. The molecule has 1 aromatic rings. The lowest BCUT2D eigenvalue weighted by Gasteiger charge is -2.26. The lowest BCUT2D eigenvalue weighted by Crippen LogP contribution is -2.48. The van der Waals surface area contributed by atoms with E-state index in [0.29, 0.717) is 19.0 Å². The van der Waals surface area contributed by atoms with E-state index in [1.165, 1.54) is 0 Å². The normalized spacial score (nSPS) is 17.3. The minimum atomic E-state index is 0.00856. The SMILES string of the molecule is Cn1nnnc1N1CCNC(=O)C1. The van der Waals surface area contributed by atoms with Crippen LogP contribution in [0.2, 0.25) is 0 Å². The van der Waals surface area contributed by atoms with Crippen LogP contribution in [0.3, 0.4) is 0 Å². The Kier molecular flexibility index (Phi) is 1.84. The van der Waals surface area contributed by atoms with E-state index in [-0.39, 0.29) is 5.91 Å². The number of piperazine rings is 1. The number of amides is 1. The first kappa shape index (κ1) is 7.96. The number of tetrazole rings is 1. The van der Waals surface area contributed by atoms with E-state index in [1.54, 1.807) is 11.7 Å². The van der Waals surface area contributed by atoms with Gasteiger partial charge in [0.1, 0.15) is 0 Å². The molecule has 1 aliphatic rings. The molecule has 0 atom stereocenters. The fraction of sp³-hybridized carbons (Fsp3) is 0.667. The minimum absolute atomic E-state index is 0.00856. The number of carbonyl (C=O) groups is 1. The van der Waals surface area contributed by atoms with Gasteiger partial charge in [-0.25, -0.2) is 4.68 Å². The summed E-state index contributed by atoms with van der Waals surface area (Å²) in [5, 5.41) is 13.8. The van der Waals surface area contributed by atoms with Gasteiger partial charge in [-0.05, 0) is 10.4 Å². The maximum absolute atomic E-state index is 11.0. The molecule has 0 saturated carbocycles. The molecule has 2 rings (SSSR count). The van der Waals surface area contributed by atoms with Crippen LogP contribution in [-0.4, -0.2) is 45.7 Å². The van der Waals surface area contributed by atoms with Crippen LogP contribution in [-0.2, 0) is 11.8 Å². The third-order valence-corrected chi connectivity index (χ3v) is 1.92. The number of aromatic nitrogens is 4. The van der Waals surface area contributed by atoms with Crippen LogP contribution in [0.15, 0.2) is 0 Å². The second-order valence-electron chi connectivity index (χ2n) is 2.87. The van der Waals surface area contributed by atoms with Crippen LogP contribution in [0.5, 0.6) is 0 Å². The summed E-state index contributed by atoms with van der Waals surface area (Å²) >= 11 is 0. The summed E-state index contributed by atoms with van der Waals surface area (Å²) in [5.74, 6) is 0.643. The number of hydrogen-bond acceptors (Lipinski definition) is 5. The van der Waals surface area contributed by atoms with E-state index >= 15 is 0 Å². The predicted molar refractivity (Wildman–Crippen MR) is 44.0 cm³/mol. The molecule has 1 N–H and O–H groups in total. The van der Waals surface area contributed by atoms with E-state index in [9.17, 15) is 4.79 Å². The Balaban J connectivity index is 2.17. The number of aryl methyl sites for hydroxylation is 1. The van der Waals surface area contributed by atoms with Gasteiger partial charge in [-0.3, -0.25) is 4.79 Å². The van der Waals surface area contributed by atoms with Crippen molar-refractivity contribution in [3.8, 4) is 0 Å². The zero-order chi connectivity index (χ0) is 9.26. The largest absolute Gasteiger partial charge is 0.353 e. The Labute approximate surface area is 74.7 Å². The lowest BCUT2D eigenvalue weighted by atomic mass is 10.4. The van der Waals surface area contributed by atoms with Crippen molar-refractivity contribution >= 4 is 11.9 Å². The molecule has 7 nitrogen and oxygen atoms in total. The Morgan fingerprint density at radius 3 is 3.00 bits per heavy atom. The number of hydrogen-bond donors (Lipinski definition) is 1. The van der Waals surface area contributed by atoms with Gasteiger partial charge < -0.3 is 10.2 Å². The summed E-state index contributed by atoms with van der Waals surface area (Å²) in [5.41, 5.74) is 0. The second kappa shape index (κ2) is 3.00. The topological polar surface area (TPSA) is 75.9 Å². The van der Waals surface area contributed by atoms with Crippen LogP contribution < -0.4 is 10.2 Å². The Morgan fingerprint density at radius 1 is 1.54 bits per heavy atom. The fourth-order valence-corrected chi connectivity index (χ4v) is 1.30. The highest BCUT2D eigenvalue weighted by Gasteiger charge is 2.20. The second-order valence-corrected chi connectivity index (χ2v) is 2.87. The molecule has 1 aliphatic heterocycles. The van der Waals surface area contributed by atoms with Crippen molar-refractivity contribution < 1.29 is 4.79 Å². The summed E-state index contributed by atoms with van der Waals surface area (Å²) in [6.07, 6.45) is 0. The number of anilines is 1. The summed E-state index contributed by atoms with van der Waals surface area (Å²) in [7, 11) is 1.75. The average Bonchev–Trinajstić information content (AvgIpc) is 2.51. The molecule has 1 saturated heterocycles. The maximum atomic E-state index is 11.0. The van der Waals surface area contributed by atoms with Crippen LogP contribution in [0.1, 0.15) is 0 Å². The van der Waals surface area contributed by atoms with Crippen LogP contribution in [0.25, 0.3) is 0 Å². The fourth-order valence-electron chi connectivity index (χ4n) is 1.30. The van der Waals surface area contributed by atoms with Crippen molar-refractivity contribution in [3.05, 3.63) is 0 Å². The molecule has 0 aliphatic carbocycles. The van der Waals surface area contributed by atoms with Crippen molar-refractivity contribution in [3.63, 3.8) is 0 Å². The van der Waals surface area contributed by atoms with Gasteiger partial charge in [0.05, 0.1) is 6.54 Å². The summed E-state index contributed by atoms with van der Waals surface area (Å²) in [6, 6.07) is 0. The molecule has 2 heterocycles. The highest BCUT2D eigenvalue weighted by molar-refractivity contribution is 5.81. The van der Waals surface area contributed by atoms with Crippen LogP contribution in [0, 0.1) is 0 Å². The van der Waals surface area contributed by atoms with Gasteiger partial charge in [0.2, 0.25) is 11.9 Å². The molecule has 7 heteroatoms. The van der Waals surface area contributed by atoms with Crippen LogP contribution in [0.4, 0.5) is 5.95 Å². The summed E-state index contributed by atoms with van der Waals surface area (Å²) < 4.78 is 1.55. The first-order valence-corrected chi connectivity index (χ1v) is 4.01. The van der Waals surface area contributed by atoms with Crippen molar-refractivity contribution in [2.45, 2.75) is 0 Å². The summed E-state index contributed by atoms with van der Waals surface area (Å²) in [4.78, 5) is 12.9. The predicted octanol–water partition coefficient (Wildman–Crippen LogP) is -1.85. The molecule has 0 radical (unpaired) electrons. The van der Waals surface area contributed by atoms with Gasteiger partial charge >= 0.3 is 0 Å². The number of nitrogens with zero attached hydrogens (tertiary/aromatic N) is 5. The first-order valence-electron chi connectivity index (χ1n) is 4.01. The van der Waals surface area contributed by atoms with E-state index in [4.69, 9.17) is 0 Å². The van der Waals surface area contributed by atoms with Crippen LogP contribution >= 0.6 is 0 Å². The standard InChI is InChI=1S/C6H10N6O/c1-11-6(8-9-10-11)12-3-2-7-5(13)4-12/h2-4H2,1H3,(H,7,13). The van der Waals surface area contributed by atoms with Gasteiger partial charge in [0.15, 0.2) is 0 Å². The molecule has 0 bridgehead atoms. The Hall–Kier alpha value is -1.66. The zero-order valence-corrected chi connectivity index (χ0v) is 7.27. The van der Waals surface area contributed by atoms with Crippen molar-refractivity contribution in [1.29, 1.82) is 0 Å². The lowest BCUT2D eigenvalue weighted by molar-refractivity contribution is -0.120. The third kappa shape index (κ3) is 1.44. The van der Waals surface area contributed by atoms with Gasteiger partial charge in [0.25, 0.3) is 0 Å². The van der Waals surface area contributed by atoms with Gasteiger partial charge in [-0.15, -0.1) is 0 Å². The number of rotatable bonds is 1. The molecule has 1 aromatic heterocycles. The molecule has 0 unspecified atom stereocenters. The Bertz CT molecular complexity index is 321. The van der Waals surface area contributed by atoms with E-state index in [1.807, 2.05) is 4.90 Å². The summed E-state index contributed by atoms with van der Waals surface area (Å²) in [6.45, 7) is 1.72. The highest BCUT2D eigenvalue weighted by atomic mass is 16.2. The molecule has 70 valence electrons. The smallest absolute Gasteiger partial charge is 0.245 e. The minimum Gasteiger partial charge on any atom is -0.353 e. The van der Waals surface area contributed by atoms with Crippen molar-refractivity contribution in [2.24, 2.45) is 7.05 Å². The Morgan fingerprint density at radius 2 is 2.38 bits per heavy atom.